The molecule has 2 heteroatoms. The molecule has 0 aliphatic carbocycles. The van der Waals surface area contributed by atoms with Crippen LogP contribution < -0.4 is 0 Å². The Morgan fingerprint density at radius 1 is 1.32 bits per heavy atom. The number of thiophene rings is 1. The molecule has 100 valence electrons. The highest BCUT2D eigenvalue weighted by Crippen LogP contribution is 2.33. The molecule has 1 atom stereocenters. The Hall–Kier alpha value is -1.12. The molecular formula is C17H20OS. The average molecular weight is 272 g/mol. The van der Waals surface area contributed by atoms with Gasteiger partial charge in [-0.2, -0.15) is 0 Å². The molecule has 1 fully saturated rings. The molecule has 1 aromatic heterocycles. The minimum absolute atomic E-state index is 0.272. The lowest BCUT2D eigenvalue weighted by atomic mass is 9.82. The van der Waals surface area contributed by atoms with Crippen molar-refractivity contribution in [2.75, 3.05) is 6.61 Å². The van der Waals surface area contributed by atoms with E-state index in [-0.39, 0.29) is 6.10 Å². The molecule has 3 rings (SSSR count). The predicted molar refractivity (Wildman–Crippen MR) is 83.6 cm³/mol. The van der Waals surface area contributed by atoms with E-state index < -0.39 is 0 Å². The van der Waals surface area contributed by atoms with Crippen molar-refractivity contribution in [1.82, 2.24) is 0 Å². The topological polar surface area (TPSA) is 9.23 Å². The molecule has 2 aromatic rings. The molecule has 1 aromatic carbocycles. The summed E-state index contributed by atoms with van der Waals surface area (Å²) < 4.78 is 7.18. The van der Waals surface area contributed by atoms with Gasteiger partial charge in [0.15, 0.2) is 0 Å². The molecule has 0 N–H and O–H groups in total. The van der Waals surface area contributed by atoms with Crippen LogP contribution in [0.15, 0.2) is 36.4 Å². The molecule has 0 saturated carbocycles. The molecule has 1 unspecified atom stereocenters. The molecule has 1 aliphatic heterocycles. The van der Waals surface area contributed by atoms with Crippen molar-refractivity contribution in [3.05, 3.63) is 41.3 Å². The van der Waals surface area contributed by atoms with E-state index in [0.29, 0.717) is 5.41 Å². The second kappa shape index (κ2) is 5.10. The number of hydrogen-bond acceptors (Lipinski definition) is 2. The van der Waals surface area contributed by atoms with Gasteiger partial charge in [0.05, 0.1) is 6.10 Å². The van der Waals surface area contributed by atoms with Gasteiger partial charge in [-0.25, -0.2) is 0 Å². The summed E-state index contributed by atoms with van der Waals surface area (Å²) in [6.45, 7) is 5.54. The van der Waals surface area contributed by atoms with E-state index in [1.165, 1.54) is 21.4 Å². The summed E-state index contributed by atoms with van der Waals surface area (Å²) in [5, 5.41) is 1.33. The first-order valence-electron chi connectivity index (χ1n) is 6.91. The first kappa shape index (κ1) is 12.9. The van der Waals surface area contributed by atoms with Crippen LogP contribution in [0.25, 0.3) is 16.2 Å². The zero-order valence-electron chi connectivity index (χ0n) is 11.6. The van der Waals surface area contributed by atoms with Gasteiger partial charge in [0.1, 0.15) is 0 Å². The maximum absolute atomic E-state index is 5.83. The van der Waals surface area contributed by atoms with Crippen molar-refractivity contribution in [1.29, 1.82) is 0 Å². The van der Waals surface area contributed by atoms with Gasteiger partial charge in [-0.05, 0) is 41.9 Å². The Morgan fingerprint density at radius 3 is 2.95 bits per heavy atom. The normalized spacial score (nSPS) is 23.2. The van der Waals surface area contributed by atoms with Crippen molar-refractivity contribution in [3.8, 4) is 0 Å². The highest BCUT2D eigenvalue weighted by atomic mass is 32.1. The van der Waals surface area contributed by atoms with E-state index in [9.17, 15) is 0 Å². The Morgan fingerprint density at radius 2 is 2.16 bits per heavy atom. The van der Waals surface area contributed by atoms with Gasteiger partial charge >= 0.3 is 0 Å². The molecule has 1 nitrogen and oxygen atoms in total. The summed E-state index contributed by atoms with van der Waals surface area (Å²) >= 11 is 1.84. The van der Waals surface area contributed by atoms with Crippen molar-refractivity contribution < 1.29 is 4.74 Å². The maximum atomic E-state index is 5.83. The summed E-state index contributed by atoms with van der Waals surface area (Å²) in [5.41, 5.74) is 0.410. The van der Waals surface area contributed by atoms with Gasteiger partial charge in [0.25, 0.3) is 0 Å². The van der Waals surface area contributed by atoms with Gasteiger partial charge in [0.2, 0.25) is 0 Å². The smallest absolute Gasteiger partial charge is 0.0764 e. The number of benzene rings is 1. The zero-order chi connectivity index (χ0) is 13.3. The van der Waals surface area contributed by atoms with Crippen LogP contribution in [0.5, 0.6) is 0 Å². The third-order valence-electron chi connectivity index (χ3n) is 3.78. The number of ether oxygens (including phenoxy) is 1. The van der Waals surface area contributed by atoms with E-state index in [1.54, 1.807) is 0 Å². The minimum Gasteiger partial charge on any atom is -0.374 e. The second-order valence-corrected chi connectivity index (χ2v) is 7.19. The highest BCUT2D eigenvalue weighted by molar-refractivity contribution is 7.19. The van der Waals surface area contributed by atoms with Crippen LogP contribution in [-0.2, 0) is 4.74 Å². The lowest BCUT2D eigenvalue weighted by Crippen LogP contribution is -2.29. The summed E-state index contributed by atoms with van der Waals surface area (Å²) in [4.78, 5) is 1.31. The van der Waals surface area contributed by atoms with Gasteiger partial charge in [-0.15, -0.1) is 11.3 Å². The van der Waals surface area contributed by atoms with Crippen LogP contribution in [0.1, 0.15) is 31.6 Å². The molecule has 2 heterocycles. The first-order valence-corrected chi connectivity index (χ1v) is 7.72. The Balaban J connectivity index is 1.75. The zero-order valence-corrected chi connectivity index (χ0v) is 12.4. The second-order valence-electron chi connectivity index (χ2n) is 6.07. The lowest BCUT2D eigenvalue weighted by molar-refractivity contribution is -0.00951. The Labute approximate surface area is 118 Å². The fourth-order valence-electron chi connectivity index (χ4n) is 2.60. The predicted octanol–water partition coefficient (Wildman–Crippen LogP) is 5.12. The van der Waals surface area contributed by atoms with E-state index in [2.05, 4.69) is 56.3 Å². The summed E-state index contributed by atoms with van der Waals surface area (Å²) in [6.07, 6.45) is 7.01. The van der Waals surface area contributed by atoms with E-state index >= 15 is 0 Å². The van der Waals surface area contributed by atoms with Crippen LogP contribution in [0.3, 0.4) is 0 Å². The summed E-state index contributed by atoms with van der Waals surface area (Å²) in [7, 11) is 0. The average Bonchev–Trinajstić information content (AvgIpc) is 2.78. The fraction of sp³-hybridized carbons (Fsp3) is 0.412. The van der Waals surface area contributed by atoms with Crippen molar-refractivity contribution >= 4 is 27.5 Å². The number of fused-ring (bicyclic) bond motifs is 1. The monoisotopic (exact) mass is 272 g/mol. The number of hydrogen-bond donors (Lipinski definition) is 0. The van der Waals surface area contributed by atoms with E-state index in [0.717, 1.165) is 13.0 Å². The van der Waals surface area contributed by atoms with Crippen LogP contribution in [-0.4, -0.2) is 12.7 Å². The van der Waals surface area contributed by atoms with Crippen molar-refractivity contribution in [3.63, 3.8) is 0 Å². The fourth-order valence-corrected chi connectivity index (χ4v) is 3.58. The number of rotatable bonds is 2. The molecule has 0 amide bonds. The van der Waals surface area contributed by atoms with Gasteiger partial charge in [0, 0.05) is 16.2 Å². The standard InChI is InChI=1S/C17H20OS/c1-17(2)9-10-18-14(12-17)7-8-15-11-13-5-3-4-6-16(13)19-15/h3-8,11,14H,9-10,12H2,1-2H3/b8-7+. The first-order chi connectivity index (χ1) is 9.12. The van der Waals surface area contributed by atoms with Crippen LogP contribution in [0, 0.1) is 5.41 Å². The van der Waals surface area contributed by atoms with E-state index in [4.69, 9.17) is 4.74 Å². The van der Waals surface area contributed by atoms with Crippen molar-refractivity contribution in [2.24, 2.45) is 5.41 Å². The summed E-state index contributed by atoms with van der Waals surface area (Å²) in [5.74, 6) is 0. The van der Waals surface area contributed by atoms with Crippen LogP contribution >= 0.6 is 11.3 Å². The molecule has 19 heavy (non-hydrogen) atoms. The third kappa shape index (κ3) is 3.07. The minimum atomic E-state index is 0.272. The van der Waals surface area contributed by atoms with Gasteiger partial charge in [-0.1, -0.05) is 38.1 Å². The maximum Gasteiger partial charge on any atom is 0.0764 e. The highest BCUT2D eigenvalue weighted by Gasteiger charge is 2.26. The van der Waals surface area contributed by atoms with Crippen molar-refractivity contribution in [2.45, 2.75) is 32.8 Å². The van der Waals surface area contributed by atoms with Crippen LogP contribution in [0.2, 0.25) is 0 Å². The molecule has 0 radical (unpaired) electrons. The quantitative estimate of drug-likeness (QED) is 0.737. The Kier molecular flexibility index (Phi) is 3.46. The molecule has 0 spiro atoms. The van der Waals surface area contributed by atoms with E-state index in [1.807, 2.05) is 11.3 Å². The Bertz CT molecular complexity index is 561. The molecule has 1 saturated heterocycles. The molecular weight excluding hydrogens is 252 g/mol. The van der Waals surface area contributed by atoms with Gasteiger partial charge < -0.3 is 4.74 Å². The molecule has 0 bridgehead atoms. The summed E-state index contributed by atoms with van der Waals surface area (Å²) in [6, 6.07) is 10.8. The third-order valence-corrected chi connectivity index (χ3v) is 4.87. The SMILES string of the molecule is CC1(C)CCOC(/C=C/c2cc3ccccc3s2)C1. The molecule has 1 aliphatic rings. The largest absolute Gasteiger partial charge is 0.374 e. The van der Waals surface area contributed by atoms with Gasteiger partial charge in [-0.3, -0.25) is 0 Å². The lowest BCUT2D eigenvalue weighted by Gasteiger charge is -2.33. The van der Waals surface area contributed by atoms with Crippen LogP contribution in [0.4, 0.5) is 0 Å².